The van der Waals surface area contributed by atoms with Crippen LogP contribution in [0.3, 0.4) is 0 Å². The van der Waals surface area contributed by atoms with Gasteiger partial charge in [-0.2, -0.15) is 0 Å². The van der Waals surface area contributed by atoms with E-state index in [4.69, 9.17) is 11.6 Å². The normalized spacial score (nSPS) is 10.8. The van der Waals surface area contributed by atoms with Gasteiger partial charge in [0.15, 0.2) is 0 Å². The molecule has 0 atom stereocenters. The van der Waals surface area contributed by atoms with E-state index in [1.165, 1.54) is 10.5 Å². The van der Waals surface area contributed by atoms with Crippen LogP contribution < -0.4 is 0 Å². The van der Waals surface area contributed by atoms with Gasteiger partial charge in [-0.3, -0.25) is 0 Å². The van der Waals surface area contributed by atoms with Gasteiger partial charge in [-0.1, -0.05) is 42.6 Å². The number of rotatable bonds is 5. The fraction of sp³-hybridized carbons (Fsp3) is 0.333. The molecule has 2 aromatic rings. The second-order valence-electron chi connectivity index (χ2n) is 4.54. The summed E-state index contributed by atoms with van der Waals surface area (Å²) in [5, 5.41) is 0.573. The minimum Gasteiger partial charge on any atom is -0.236 e. The monoisotopic (exact) mass is 418 g/mol. The van der Waals surface area contributed by atoms with E-state index < -0.39 is 0 Å². The van der Waals surface area contributed by atoms with Crippen molar-refractivity contribution < 1.29 is 0 Å². The highest BCUT2D eigenvalue weighted by atomic mass is 127. The highest BCUT2D eigenvalue weighted by Gasteiger charge is 2.10. The van der Waals surface area contributed by atoms with E-state index in [1.807, 2.05) is 0 Å². The maximum Gasteiger partial charge on any atom is 0.146 e. The van der Waals surface area contributed by atoms with E-state index >= 15 is 0 Å². The molecule has 1 aromatic carbocycles. The highest BCUT2D eigenvalue weighted by molar-refractivity contribution is 14.1. The van der Waals surface area contributed by atoms with E-state index in [-0.39, 0.29) is 0 Å². The van der Waals surface area contributed by atoms with Crippen LogP contribution in [-0.4, -0.2) is 9.97 Å². The van der Waals surface area contributed by atoms with Gasteiger partial charge in [-0.05, 0) is 48.1 Å². The molecule has 0 N–H and O–H groups in total. The molecule has 0 saturated heterocycles. The van der Waals surface area contributed by atoms with E-state index in [1.54, 1.807) is 11.8 Å². The topological polar surface area (TPSA) is 25.8 Å². The number of halogens is 2. The third-order valence-corrected chi connectivity index (χ3v) is 5.54. The Balaban J connectivity index is 2.11. The lowest BCUT2D eigenvalue weighted by Crippen LogP contribution is -2.02. The molecule has 0 aliphatic heterocycles. The summed E-state index contributed by atoms with van der Waals surface area (Å²) in [6, 6.07) is 8.49. The summed E-state index contributed by atoms with van der Waals surface area (Å²) in [5.74, 6) is 1.56. The van der Waals surface area contributed by atoms with Crippen LogP contribution in [0.5, 0.6) is 0 Å². The zero-order chi connectivity index (χ0) is 14.5. The van der Waals surface area contributed by atoms with Crippen molar-refractivity contribution in [2.45, 2.75) is 37.3 Å². The summed E-state index contributed by atoms with van der Waals surface area (Å²) < 4.78 is 0.982. The molecule has 0 spiro atoms. The maximum absolute atomic E-state index is 6.19. The zero-order valence-corrected chi connectivity index (χ0v) is 15.2. The zero-order valence-electron chi connectivity index (χ0n) is 11.5. The molecule has 2 nitrogen and oxygen atoms in total. The van der Waals surface area contributed by atoms with Crippen molar-refractivity contribution in [3.63, 3.8) is 0 Å². The number of hydrogen-bond donors (Lipinski definition) is 0. The summed E-state index contributed by atoms with van der Waals surface area (Å²) in [7, 11) is 0. The van der Waals surface area contributed by atoms with E-state index in [9.17, 15) is 0 Å². The van der Waals surface area contributed by atoms with Gasteiger partial charge in [0.05, 0.1) is 15.0 Å². The number of hydrogen-bond acceptors (Lipinski definition) is 3. The predicted molar refractivity (Wildman–Crippen MR) is 94.5 cm³/mol. The molecule has 20 heavy (non-hydrogen) atoms. The average Bonchev–Trinajstić information content (AvgIpc) is 2.44. The Morgan fingerprint density at radius 2 is 1.90 bits per heavy atom. The SMILES string of the molecule is CCCc1nc(CSc2ccc(C)cc2)nc(Cl)c1I. The van der Waals surface area contributed by atoms with E-state index in [0.29, 0.717) is 5.15 Å². The minimum atomic E-state index is 0.573. The third-order valence-electron chi connectivity index (χ3n) is 2.80. The standard InChI is InChI=1S/C15H16ClIN2S/c1-3-4-12-14(17)15(16)19-13(18-12)9-20-11-7-5-10(2)6-8-11/h5-8H,3-4,9H2,1-2H3. The molecular formula is C15H16ClIN2S. The lowest BCUT2D eigenvalue weighted by Gasteiger charge is -2.07. The predicted octanol–water partition coefficient (Wildman–Crippen LogP) is 5.29. The first-order chi connectivity index (χ1) is 9.60. The lowest BCUT2D eigenvalue weighted by atomic mass is 10.2. The Bertz CT molecular complexity index is 587. The van der Waals surface area contributed by atoms with Gasteiger partial charge < -0.3 is 0 Å². The lowest BCUT2D eigenvalue weighted by molar-refractivity contribution is 0.845. The largest absolute Gasteiger partial charge is 0.236 e. The van der Waals surface area contributed by atoms with Crippen molar-refractivity contribution >= 4 is 46.0 Å². The molecule has 0 amide bonds. The molecule has 0 aliphatic carbocycles. The summed E-state index contributed by atoms with van der Waals surface area (Å²) in [5.41, 5.74) is 2.33. The second-order valence-corrected chi connectivity index (χ2v) is 7.03. The summed E-state index contributed by atoms with van der Waals surface area (Å²) >= 11 is 10.2. The van der Waals surface area contributed by atoms with Crippen LogP contribution in [0.4, 0.5) is 0 Å². The molecular weight excluding hydrogens is 403 g/mol. The van der Waals surface area contributed by atoms with Crippen LogP contribution in [0.1, 0.15) is 30.4 Å². The van der Waals surface area contributed by atoms with E-state index in [0.717, 1.165) is 33.7 Å². The molecule has 0 radical (unpaired) electrons. The van der Waals surface area contributed by atoms with Crippen molar-refractivity contribution in [1.29, 1.82) is 0 Å². The third kappa shape index (κ3) is 4.33. The van der Waals surface area contributed by atoms with Crippen LogP contribution in [0.15, 0.2) is 29.2 Å². The molecule has 5 heteroatoms. The number of nitrogens with zero attached hydrogens (tertiary/aromatic N) is 2. The van der Waals surface area contributed by atoms with E-state index in [2.05, 4.69) is 70.7 Å². The molecule has 2 rings (SSSR count). The Hall–Kier alpha value is -0.330. The van der Waals surface area contributed by atoms with Crippen LogP contribution in [0.25, 0.3) is 0 Å². The number of benzene rings is 1. The summed E-state index contributed by atoms with van der Waals surface area (Å²) in [6.07, 6.45) is 2.01. The van der Waals surface area contributed by atoms with Crippen LogP contribution in [0, 0.1) is 10.5 Å². The van der Waals surface area contributed by atoms with Crippen LogP contribution in [0.2, 0.25) is 5.15 Å². The molecule has 0 aliphatic rings. The van der Waals surface area contributed by atoms with Crippen LogP contribution >= 0.6 is 46.0 Å². The van der Waals surface area contributed by atoms with Gasteiger partial charge in [-0.15, -0.1) is 11.8 Å². The Morgan fingerprint density at radius 3 is 2.55 bits per heavy atom. The second kappa shape index (κ2) is 7.61. The van der Waals surface area contributed by atoms with Crippen molar-refractivity contribution in [2.24, 2.45) is 0 Å². The van der Waals surface area contributed by atoms with Crippen molar-refractivity contribution in [3.05, 3.63) is 50.1 Å². The quantitative estimate of drug-likeness (QED) is 0.375. The Morgan fingerprint density at radius 1 is 1.20 bits per heavy atom. The molecule has 0 bridgehead atoms. The fourth-order valence-electron chi connectivity index (χ4n) is 1.76. The smallest absolute Gasteiger partial charge is 0.146 e. The number of aryl methyl sites for hydroxylation is 2. The average molecular weight is 419 g/mol. The Kier molecular flexibility index (Phi) is 6.11. The number of aromatic nitrogens is 2. The highest BCUT2D eigenvalue weighted by Crippen LogP contribution is 2.25. The van der Waals surface area contributed by atoms with Crippen molar-refractivity contribution in [1.82, 2.24) is 9.97 Å². The summed E-state index contributed by atoms with van der Waals surface area (Å²) in [4.78, 5) is 10.2. The number of thioether (sulfide) groups is 1. The van der Waals surface area contributed by atoms with Gasteiger partial charge in [0.1, 0.15) is 11.0 Å². The Labute approximate surface area is 142 Å². The van der Waals surface area contributed by atoms with Gasteiger partial charge in [0.25, 0.3) is 0 Å². The van der Waals surface area contributed by atoms with Gasteiger partial charge >= 0.3 is 0 Å². The van der Waals surface area contributed by atoms with Crippen molar-refractivity contribution in [2.75, 3.05) is 0 Å². The minimum absolute atomic E-state index is 0.573. The van der Waals surface area contributed by atoms with Crippen molar-refractivity contribution in [3.8, 4) is 0 Å². The molecule has 1 aromatic heterocycles. The molecule has 0 saturated carbocycles. The van der Waals surface area contributed by atoms with Crippen LogP contribution in [-0.2, 0) is 12.2 Å². The first-order valence-electron chi connectivity index (χ1n) is 6.50. The molecule has 1 heterocycles. The summed E-state index contributed by atoms with van der Waals surface area (Å²) in [6.45, 7) is 4.24. The van der Waals surface area contributed by atoms with Gasteiger partial charge in [0, 0.05) is 4.90 Å². The molecule has 0 fully saturated rings. The maximum atomic E-state index is 6.19. The van der Waals surface area contributed by atoms with Gasteiger partial charge in [-0.25, -0.2) is 9.97 Å². The fourth-order valence-corrected chi connectivity index (χ4v) is 3.23. The van der Waals surface area contributed by atoms with Gasteiger partial charge in [0.2, 0.25) is 0 Å². The molecule has 0 unspecified atom stereocenters. The molecule has 106 valence electrons. The first-order valence-corrected chi connectivity index (χ1v) is 8.94. The first kappa shape index (κ1) is 16.0.